The van der Waals surface area contributed by atoms with E-state index in [0.717, 1.165) is 18.4 Å². The maximum absolute atomic E-state index is 5.80. The van der Waals surface area contributed by atoms with Crippen LogP contribution in [0.5, 0.6) is 5.88 Å². The Labute approximate surface area is 115 Å². The Morgan fingerprint density at radius 1 is 1.37 bits per heavy atom. The molecule has 0 amide bonds. The van der Waals surface area contributed by atoms with Crippen molar-refractivity contribution >= 4 is 5.82 Å². The molecule has 2 rings (SSSR count). The van der Waals surface area contributed by atoms with Gasteiger partial charge in [-0.2, -0.15) is 4.98 Å². The fraction of sp³-hybridized carbons (Fsp3) is 0.714. The van der Waals surface area contributed by atoms with Crippen LogP contribution in [0.15, 0.2) is 6.07 Å². The molecule has 1 heterocycles. The molecule has 1 fully saturated rings. The minimum atomic E-state index is -0.127. The Hall–Kier alpha value is -1.36. The first kappa shape index (κ1) is 14.1. The Kier molecular flexibility index (Phi) is 3.94. The van der Waals surface area contributed by atoms with Gasteiger partial charge in [0.05, 0.1) is 0 Å². The largest absolute Gasteiger partial charge is 0.476 e. The lowest BCUT2D eigenvalue weighted by Crippen LogP contribution is -2.26. The molecule has 19 heavy (non-hydrogen) atoms. The number of hydrogen-bond acceptors (Lipinski definition) is 5. The van der Waals surface area contributed by atoms with Gasteiger partial charge in [-0.1, -0.05) is 20.8 Å². The van der Waals surface area contributed by atoms with Crippen molar-refractivity contribution in [3.8, 4) is 5.88 Å². The van der Waals surface area contributed by atoms with Crippen molar-refractivity contribution in [3.63, 3.8) is 0 Å². The summed E-state index contributed by atoms with van der Waals surface area (Å²) in [7, 11) is 2.13. The van der Waals surface area contributed by atoms with Gasteiger partial charge in [-0.3, -0.25) is 0 Å². The Morgan fingerprint density at radius 2 is 2.05 bits per heavy atom. The fourth-order valence-electron chi connectivity index (χ4n) is 1.84. The monoisotopic (exact) mass is 264 g/mol. The minimum Gasteiger partial charge on any atom is -0.476 e. The number of ether oxygens (including phenoxy) is 1. The lowest BCUT2D eigenvalue weighted by molar-refractivity contribution is 0.225. The van der Waals surface area contributed by atoms with Crippen LogP contribution in [-0.2, 0) is 5.41 Å². The predicted molar refractivity (Wildman–Crippen MR) is 76.3 cm³/mol. The average Bonchev–Trinajstić information content (AvgIpc) is 3.10. The number of aromatic nitrogens is 2. The second kappa shape index (κ2) is 5.33. The second-order valence-electron chi connectivity index (χ2n) is 6.26. The third kappa shape index (κ3) is 4.06. The highest BCUT2D eigenvalue weighted by Gasteiger charge is 2.25. The van der Waals surface area contributed by atoms with Crippen molar-refractivity contribution in [3.05, 3.63) is 11.9 Å². The first-order chi connectivity index (χ1) is 8.86. The fourth-order valence-corrected chi connectivity index (χ4v) is 1.84. The number of nitrogens with zero attached hydrogens (tertiary/aromatic N) is 3. The van der Waals surface area contributed by atoms with Gasteiger partial charge in [-0.05, 0) is 19.9 Å². The molecule has 1 aliphatic carbocycles. The second-order valence-corrected chi connectivity index (χ2v) is 6.26. The zero-order valence-corrected chi connectivity index (χ0v) is 12.3. The maximum atomic E-state index is 5.80. The molecule has 1 aliphatic rings. The molecule has 0 aromatic carbocycles. The quantitative estimate of drug-likeness (QED) is 0.879. The topological polar surface area (TPSA) is 64.3 Å². The molecule has 0 bridgehead atoms. The van der Waals surface area contributed by atoms with Crippen molar-refractivity contribution in [1.29, 1.82) is 0 Å². The SMILES string of the molecule is CN(CCOc1cc(N)nc(C(C)(C)C)n1)C1CC1. The van der Waals surface area contributed by atoms with E-state index in [1.54, 1.807) is 6.07 Å². The highest BCUT2D eigenvalue weighted by molar-refractivity contribution is 5.34. The molecular weight excluding hydrogens is 240 g/mol. The molecule has 0 aliphatic heterocycles. The van der Waals surface area contributed by atoms with Crippen LogP contribution in [0, 0.1) is 0 Å². The van der Waals surface area contributed by atoms with Gasteiger partial charge < -0.3 is 15.4 Å². The third-order valence-corrected chi connectivity index (χ3v) is 3.26. The van der Waals surface area contributed by atoms with Crippen LogP contribution >= 0.6 is 0 Å². The van der Waals surface area contributed by atoms with E-state index in [1.807, 2.05) is 0 Å². The number of likely N-dealkylation sites (N-methyl/N-ethyl adjacent to an activating group) is 1. The van der Waals surface area contributed by atoms with Crippen molar-refractivity contribution in [2.24, 2.45) is 0 Å². The van der Waals surface area contributed by atoms with Crippen LogP contribution in [0.2, 0.25) is 0 Å². The smallest absolute Gasteiger partial charge is 0.218 e. The number of hydrogen-bond donors (Lipinski definition) is 1. The maximum Gasteiger partial charge on any atom is 0.218 e. The van der Waals surface area contributed by atoms with Gasteiger partial charge in [-0.25, -0.2) is 4.98 Å². The first-order valence-corrected chi connectivity index (χ1v) is 6.84. The Balaban J connectivity index is 1.93. The number of anilines is 1. The average molecular weight is 264 g/mol. The van der Waals surface area contributed by atoms with E-state index >= 15 is 0 Å². The van der Waals surface area contributed by atoms with Gasteiger partial charge in [0.15, 0.2) is 0 Å². The highest BCUT2D eigenvalue weighted by Crippen LogP contribution is 2.25. The van der Waals surface area contributed by atoms with Crippen LogP contribution < -0.4 is 10.5 Å². The van der Waals surface area contributed by atoms with Crippen LogP contribution in [0.1, 0.15) is 39.4 Å². The number of nitrogens with two attached hydrogens (primary N) is 1. The summed E-state index contributed by atoms with van der Waals surface area (Å²) in [6.07, 6.45) is 2.62. The van der Waals surface area contributed by atoms with Crippen molar-refractivity contribution < 1.29 is 4.74 Å². The molecule has 0 radical (unpaired) electrons. The minimum absolute atomic E-state index is 0.127. The molecule has 0 spiro atoms. The summed E-state index contributed by atoms with van der Waals surface area (Å²) in [5.74, 6) is 1.75. The van der Waals surface area contributed by atoms with E-state index in [0.29, 0.717) is 18.3 Å². The summed E-state index contributed by atoms with van der Waals surface area (Å²) in [5.41, 5.74) is 5.68. The van der Waals surface area contributed by atoms with E-state index in [9.17, 15) is 0 Å². The number of nitrogen functional groups attached to an aromatic ring is 1. The molecule has 106 valence electrons. The number of rotatable bonds is 5. The zero-order chi connectivity index (χ0) is 14.0. The Bertz CT molecular complexity index is 438. The Morgan fingerprint density at radius 3 is 2.63 bits per heavy atom. The first-order valence-electron chi connectivity index (χ1n) is 6.84. The van der Waals surface area contributed by atoms with Gasteiger partial charge in [0.25, 0.3) is 0 Å². The highest BCUT2D eigenvalue weighted by atomic mass is 16.5. The predicted octanol–water partition coefficient (Wildman–Crippen LogP) is 1.83. The third-order valence-electron chi connectivity index (χ3n) is 3.26. The van der Waals surface area contributed by atoms with Crippen LogP contribution in [0.25, 0.3) is 0 Å². The summed E-state index contributed by atoms with van der Waals surface area (Å²) in [6.45, 7) is 7.73. The van der Waals surface area contributed by atoms with E-state index in [-0.39, 0.29) is 5.41 Å². The van der Waals surface area contributed by atoms with Crippen LogP contribution in [-0.4, -0.2) is 41.1 Å². The molecular formula is C14H24N4O. The van der Waals surface area contributed by atoms with Crippen molar-refractivity contribution in [1.82, 2.24) is 14.9 Å². The molecule has 1 saturated carbocycles. The lowest BCUT2D eigenvalue weighted by Gasteiger charge is -2.19. The van der Waals surface area contributed by atoms with Gasteiger partial charge in [0.1, 0.15) is 18.2 Å². The normalized spacial score (nSPS) is 15.8. The van der Waals surface area contributed by atoms with Gasteiger partial charge in [0.2, 0.25) is 5.88 Å². The van der Waals surface area contributed by atoms with Gasteiger partial charge in [-0.15, -0.1) is 0 Å². The molecule has 5 heteroatoms. The molecule has 0 unspecified atom stereocenters. The summed E-state index contributed by atoms with van der Waals surface area (Å²) >= 11 is 0. The van der Waals surface area contributed by atoms with E-state index in [4.69, 9.17) is 10.5 Å². The standard InChI is InChI=1S/C14H24N4O/c1-14(2,3)13-16-11(15)9-12(17-13)19-8-7-18(4)10-5-6-10/h9-10H,5-8H2,1-4H3,(H2,15,16,17). The summed E-state index contributed by atoms with van der Waals surface area (Å²) in [6, 6.07) is 2.44. The molecule has 1 aromatic heterocycles. The van der Waals surface area contributed by atoms with Crippen LogP contribution in [0.4, 0.5) is 5.82 Å². The summed E-state index contributed by atoms with van der Waals surface area (Å²) in [4.78, 5) is 11.0. The van der Waals surface area contributed by atoms with Crippen LogP contribution in [0.3, 0.4) is 0 Å². The lowest BCUT2D eigenvalue weighted by atomic mass is 9.96. The zero-order valence-electron chi connectivity index (χ0n) is 12.3. The van der Waals surface area contributed by atoms with Crippen molar-refractivity contribution in [2.75, 3.05) is 25.9 Å². The summed E-state index contributed by atoms with van der Waals surface area (Å²) in [5, 5.41) is 0. The molecule has 0 atom stereocenters. The molecule has 2 N–H and O–H groups in total. The van der Waals surface area contributed by atoms with E-state index in [2.05, 4.69) is 42.7 Å². The molecule has 5 nitrogen and oxygen atoms in total. The van der Waals surface area contributed by atoms with Crippen molar-refractivity contribution in [2.45, 2.75) is 45.1 Å². The van der Waals surface area contributed by atoms with Gasteiger partial charge in [0, 0.05) is 24.1 Å². The van der Waals surface area contributed by atoms with E-state index < -0.39 is 0 Å². The van der Waals surface area contributed by atoms with Gasteiger partial charge >= 0.3 is 0 Å². The molecule has 1 aromatic rings. The van der Waals surface area contributed by atoms with E-state index in [1.165, 1.54) is 12.8 Å². The summed E-state index contributed by atoms with van der Waals surface area (Å²) < 4.78 is 5.70. The molecule has 0 saturated heterocycles.